The summed E-state index contributed by atoms with van der Waals surface area (Å²) in [5.74, 6) is 0.789. The molecule has 6 N–H and O–H groups in total. The Balaban J connectivity index is 2.43. The second-order valence-corrected chi connectivity index (χ2v) is 3.89. The maximum atomic E-state index is 5.62. The highest BCUT2D eigenvalue weighted by atomic mass is 16.5. The summed E-state index contributed by atoms with van der Waals surface area (Å²) in [6, 6.07) is 7.19. The number of nitrogens with two attached hydrogens (primary N) is 3. The number of hydrogen-bond acceptors (Lipinski definition) is 4. The molecule has 0 radical (unpaired) electrons. The Morgan fingerprint density at radius 3 is 2.65 bits per heavy atom. The van der Waals surface area contributed by atoms with E-state index in [2.05, 4.69) is 20.1 Å². The Hall–Kier alpha value is -2.90. The summed E-state index contributed by atoms with van der Waals surface area (Å²) in [5.41, 5.74) is 17.3. The Morgan fingerprint density at radius 2 is 2.00 bits per heavy atom. The van der Waals surface area contributed by atoms with Gasteiger partial charge in [0.25, 0.3) is 5.89 Å². The molecule has 0 fully saturated rings. The van der Waals surface area contributed by atoms with Crippen LogP contribution >= 0.6 is 0 Å². The predicted molar refractivity (Wildman–Crippen MR) is 76.2 cm³/mol. The molecule has 0 aliphatic heterocycles. The zero-order chi connectivity index (χ0) is 14.5. The summed E-state index contributed by atoms with van der Waals surface area (Å²) < 4.78 is 5.19. The summed E-state index contributed by atoms with van der Waals surface area (Å²) in [6.07, 6.45) is 0.686. The third kappa shape index (κ3) is 3.10. The molecule has 0 aliphatic rings. The lowest BCUT2D eigenvalue weighted by atomic mass is 10.2. The number of hydrogen-bond donors (Lipinski definition) is 3. The van der Waals surface area contributed by atoms with Gasteiger partial charge < -0.3 is 21.7 Å². The van der Waals surface area contributed by atoms with Crippen LogP contribution in [0.25, 0.3) is 11.5 Å². The van der Waals surface area contributed by atoms with Gasteiger partial charge in [-0.3, -0.25) is 0 Å². The first-order valence-corrected chi connectivity index (χ1v) is 5.96. The fraction of sp³-hybridized carbons (Fsp3) is 0.167. The van der Waals surface area contributed by atoms with Gasteiger partial charge in [-0.25, -0.2) is 4.99 Å². The minimum atomic E-state index is -0.158. The van der Waals surface area contributed by atoms with Crippen LogP contribution in [0.15, 0.2) is 38.8 Å². The van der Waals surface area contributed by atoms with Gasteiger partial charge in [0, 0.05) is 6.42 Å². The van der Waals surface area contributed by atoms with Crippen molar-refractivity contribution >= 4 is 17.6 Å². The average molecular weight is 273 g/mol. The number of aryl methyl sites for hydroxylation is 1. The SMILES string of the molecule is CCc1noc(-c2ccccc2N=C(N)N=C(N)N)n1. The molecule has 0 unspecified atom stereocenters. The first kappa shape index (κ1) is 13.5. The summed E-state index contributed by atoms with van der Waals surface area (Å²) in [6.45, 7) is 1.94. The van der Waals surface area contributed by atoms with Crippen molar-refractivity contribution in [2.75, 3.05) is 0 Å². The van der Waals surface area contributed by atoms with E-state index in [0.717, 1.165) is 0 Å². The van der Waals surface area contributed by atoms with Crippen molar-refractivity contribution in [2.24, 2.45) is 27.2 Å². The molecule has 1 aromatic heterocycles. The highest BCUT2D eigenvalue weighted by Crippen LogP contribution is 2.28. The maximum Gasteiger partial charge on any atom is 0.260 e. The molecule has 0 atom stereocenters. The molecule has 0 amide bonds. The van der Waals surface area contributed by atoms with Crippen LogP contribution in [0.1, 0.15) is 12.7 Å². The molecular weight excluding hydrogens is 258 g/mol. The Labute approximate surface area is 115 Å². The van der Waals surface area contributed by atoms with Gasteiger partial charge in [0.05, 0.1) is 11.3 Å². The smallest absolute Gasteiger partial charge is 0.260 e. The Kier molecular flexibility index (Phi) is 3.94. The van der Waals surface area contributed by atoms with Crippen LogP contribution in [-0.4, -0.2) is 22.1 Å². The normalized spacial score (nSPS) is 11.3. The van der Waals surface area contributed by atoms with Gasteiger partial charge in [-0.2, -0.15) is 9.98 Å². The first-order valence-electron chi connectivity index (χ1n) is 5.96. The van der Waals surface area contributed by atoms with Gasteiger partial charge >= 0.3 is 0 Å². The average Bonchev–Trinajstić information content (AvgIpc) is 2.87. The summed E-state index contributed by atoms with van der Waals surface area (Å²) >= 11 is 0. The number of rotatable bonds is 3. The van der Waals surface area contributed by atoms with Crippen molar-refractivity contribution in [3.8, 4) is 11.5 Å². The van der Waals surface area contributed by atoms with E-state index in [1.807, 2.05) is 19.1 Å². The van der Waals surface area contributed by atoms with Crippen molar-refractivity contribution in [2.45, 2.75) is 13.3 Å². The van der Waals surface area contributed by atoms with E-state index < -0.39 is 0 Å². The molecule has 2 rings (SSSR count). The van der Waals surface area contributed by atoms with Crippen molar-refractivity contribution in [3.05, 3.63) is 30.1 Å². The number of aromatic nitrogens is 2. The largest absolute Gasteiger partial charge is 0.370 e. The van der Waals surface area contributed by atoms with Crippen LogP contribution in [0.4, 0.5) is 5.69 Å². The molecule has 1 aromatic carbocycles. The van der Waals surface area contributed by atoms with Crippen LogP contribution in [0.5, 0.6) is 0 Å². The lowest BCUT2D eigenvalue weighted by Crippen LogP contribution is -2.26. The molecule has 8 nitrogen and oxygen atoms in total. The van der Waals surface area contributed by atoms with E-state index in [-0.39, 0.29) is 11.9 Å². The van der Waals surface area contributed by atoms with Crippen molar-refractivity contribution < 1.29 is 4.52 Å². The van der Waals surface area contributed by atoms with Gasteiger partial charge in [0.1, 0.15) is 0 Å². The zero-order valence-electron chi connectivity index (χ0n) is 10.9. The third-order valence-corrected chi connectivity index (χ3v) is 2.40. The van der Waals surface area contributed by atoms with Crippen LogP contribution < -0.4 is 17.2 Å². The summed E-state index contributed by atoms with van der Waals surface area (Å²) in [4.78, 5) is 12.0. The standard InChI is InChI=1S/C12H15N7O/c1-2-9-17-10(20-19-9)7-5-3-4-6-8(7)16-12(15)18-11(13)14/h3-6H,2H2,1H3,(H6,13,14,15,16,18). The topological polar surface area (TPSA) is 142 Å². The van der Waals surface area contributed by atoms with Crippen LogP contribution in [0.2, 0.25) is 0 Å². The van der Waals surface area contributed by atoms with Gasteiger partial charge in [-0.1, -0.05) is 24.2 Å². The van der Waals surface area contributed by atoms with Gasteiger partial charge in [-0.05, 0) is 12.1 Å². The maximum absolute atomic E-state index is 5.62. The van der Waals surface area contributed by atoms with E-state index >= 15 is 0 Å². The molecule has 20 heavy (non-hydrogen) atoms. The van der Waals surface area contributed by atoms with Crippen molar-refractivity contribution in [1.82, 2.24) is 10.1 Å². The van der Waals surface area contributed by atoms with Crippen LogP contribution in [0.3, 0.4) is 0 Å². The monoisotopic (exact) mass is 273 g/mol. The van der Waals surface area contributed by atoms with E-state index in [1.54, 1.807) is 12.1 Å². The van der Waals surface area contributed by atoms with Gasteiger partial charge in [0.15, 0.2) is 11.8 Å². The highest BCUT2D eigenvalue weighted by Gasteiger charge is 2.11. The molecule has 0 spiro atoms. The van der Waals surface area contributed by atoms with Crippen LogP contribution in [0, 0.1) is 0 Å². The van der Waals surface area contributed by atoms with E-state index in [4.69, 9.17) is 21.7 Å². The highest BCUT2D eigenvalue weighted by molar-refractivity contribution is 5.94. The molecule has 8 heteroatoms. The summed E-state index contributed by atoms with van der Waals surface area (Å²) in [5, 5.41) is 3.85. The molecule has 0 aliphatic carbocycles. The number of benzene rings is 1. The minimum absolute atomic E-state index is 0.0484. The van der Waals surface area contributed by atoms with E-state index in [0.29, 0.717) is 29.4 Å². The number of guanidine groups is 2. The molecule has 2 aromatic rings. The van der Waals surface area contributed by atoms with Crippen molar-refractivity contribution in [1.29, 1.82) is 0 Å². The molecule has 1 heterocycles. The second kappa shape index (κ2) is 5.83. The molecule has 104 valence electrons. The van der Waals surface area contributed by atoms with Crippen LogP contribution in [-0.2, 0) is 6.42 Å². The first-order chi connectivity index (χ1) is 9.60. The van der Waals surface area contributed by atoms with E-state index in [1.165, 1.54) is 0 Å². The minimum Gasteiger partial charge on any atom is -0.370 e. The Bertz CT molecular complexity index is 655. The molecule has 0 saturated carbocycles. The van der Waals surface area contributed by atoms with Crippen molar-refractivity contribution in [3.63, 3.8) is 0 Å². The quantitative estimate of drug-likeness (QED) is 0.549. The summed E-state index contributed by atoms with van der Waals surface area (Å²) in [7, 11) is 0. The fourth-order valence-corrected chi connectivity index (χ4v) is 1.54. The molecule has 0 bridgehead atoms. The Morgan fingerprint density at radius 1 is 1.25 bits per heavy atom. The lowest BCUT2D eigenvalue weighted by Gasteiger charge is -2.01. The molecule has 0 saturated heterocycles. The number of aliphatic imine (C=N–C) groups is 2. The van der Waals surface area contributed by atoms with Gasteiger partial charge in [0.2, 0.25) is 5.96 Å². The van der Waals surface area contributed by atoms with Gasteiger partial charge in [-0.15, -0.1) is 0 Å². The second-order valence-electron chi connectivity index (χ2n) is 3.89. The lowest BCUT2D eigenvalue weighted by molar-refractivity contribution is 0.423. The third-order valence-electron chi connectivity index (χ3n) is 2.40. The predicted octanol–water partition coefficient (Wildman–Crippen LogP) is 0.519. The zero-order valence-corrected chi connectivity index (χ0v) is 10.9. The van der Waals surface area contributed by atoms with E-state index in [9.17, 15) is 0 Å². The number of nitrogens with zero attached hydrogens (tertiary/aromatic N) is 4. The number of para-hydroxylation sites is 1. The fourth-order valence-electron chi connectivity index (χ4n) is 1.54. The molecular formula is C12H15N7O.